The van der Waals surface area contributed by atoms with Gasteiger partial charge in [0, 0.05) is 11.1 Å². The number of likely N-dealkylation sites (tertiary alicyclic amines) is 1. The number of aromatic nitrogens is 1. The predicted molar refractivity (Wildman–Crippen MR) is 112 cm³/mol. The fourth-order valence-corrected chi connectivity index (χ4v) is 3.49. The Bertz CT molecular complexity index is 923. The van der Waals surface area contributed by atoms with Crippen LogP contribution in [0.25, 0.3) is 0 Å². The Labute approximate surface area is 178 Å². The van der Waals surface area contributed by atoms with Gasteiger partial charge >= 0.3 is 12.1 Å². The maximum atomic E-state index is 12.4. The van der Waals surface area contributed by atoms with Gasteiger partial charge in [0.2, 0.25) is 5.91 Å². The fraction of sp³-hybridized carbons (Fsp3) is 0.286. The molecule has 0 aliphatic carbocycles. The van der Waals surface area contributed by atoms with Crippen LogP contribution < -0.4 is 5.32 Å². The van der Waals surface area contributed by atoms with Gasteiger partial charge in [0.1, 0.15) is 19.2 Å². The number of benzene rings is 1. The van der Waals surface area contributed by atoms with Gasteiger partial charge in [0.05, 0.1) is 11.7 Å². The first-order valence-electron chi connectivity index (χ1n) is 9.39. The van der Waals surface area contributed by atoms with Crippen molar-refractivity contribution in [2.45, 2.75) is 31.5 Å². The molecule has 0 radical (unpaired) electrons. The lowest BCUT2D eigenvalue weighted by Crippen LogP contribution is -2.71. The third-order valence-electron chi connectivity index (χ3n) is 4.74. The number of ether oxygens (including phenoxy) is 1. The van der Waals surface area contributed by atoms with Crippen molar-refractivity contribution >= 4 is 35.1 Å². The monoisotopic (exact) mass is 427 g/mol. The third-order valence-corrected chi connectivity index (χ3v) is 5.16. The summed E-state index contributed by atoms with van der Waals surface area (Å²) < 4.78 is 5.17. The Hall–Kier alpha value is -3.33. The molecule has 2 atom stereocenters. The van der Waals surface area contributed by atoms with Gasteiger partial charge in [-0.2, -0.15) is 0 Å². The summed E-state index contributed by atoms with van der Waals surface area (Å²) in [5, 5.41) is 11.6. The molecule has 8 nitrogen and oxygen atoms in total. The second kappa shape index (κ2) is 9.93. The number of carbonyl (C=O) groups is 3. The summed E-state index contributed by atoms with van der Waals surface area (Å²) in [7, 11) is 0. The molecule has 1 aliphatic rings. The second-order valence-electron chi connectivity index (χ2n) is 6.79. The molecule has 1 aromatic heterocycles. The van der Waals surface area contributed by atoms with E-state index < -0.39 is 36.6 Å². The van der Waals surface area contributed by atoms with Crippen LogP contribution in [0.3, 0.4) is 0 Å². The zero-order valence-electron chi connectivity index (χ0n) is 16.1. The molecule has 0 saturated carbocycles. The van der Waals surface area contributed by atoms with Gasteiger partial charge < -0.3 is 20.1 Å². The van der Waals surface area contributed by atoms with Crippen molar-refractivity contribution in [2.24, 2.45) is 0 Å². The standard InChI is InChI=1S/C21H21N3O5S/c25-18(26)12-24-16(9-10-17(30)15-8-4-5-11-22-15)19(20(24)27)23-21(28)29-13-14-6-2-1-3-7-14/h1-8,11,16,19H,9-10,12-13H2,(H,23,28)(H,25,26)/t16-,19+/m1/s1. The van der Waals surface area contributed by atoms with Crippen molar-refractivity contribution in [3.8, 4) is 0 Å². The van der Waals surface area contributed by atoms with E-state index in [-0.39, 0.29) is 6.61 Å². The SMILES string of the molecule is O=C(O)CN1C(=O)[C@@H](NC(=O)OCc2ccccc2)[C@H]1CCC(=S)c1ccccn1. The van der Waals surface area contributed by atoms with E-state index in [1.807, 2.05) is 36.4 Å². The number of carboxylic acids is 1. The minimum Gasteiger partial charge on any atom is -0.480 e. The maximum Gasteiger partial charge on any atom is 0.408 e. The number of thiocarbonyl (C=S) groups is 1. The van der Waals surface area contributed by atoms with Crippen molar-refractivity contribution in [1.82, 2.24) is 15.2 Å². The number of pyridine rings is 1. The van der Waals surface area contributed by atoms with Crippen molar-refractivity contribution < 1.29 is 24.2 Å². The van der Waals surface area contributed by atoms with Gasteiger partial charge in [-0.25, -0.2) is 4.79 Å². The number of rotatable bonds is 9. The molecule has 0 spiro atoms. The van der Waals surface area contributed by atoms with Crippen LogP contribution in [0.1, 0.15) is 24.1 Å². The summed E-state index contributed by atoms with van der Waals surface area (Å²) >= 11 is 5.39. The Balaban J connectivity index is 1.58. The molecule has 1 aromatic carbocycles. The van der Waals surface area contributed by atoms with E-state index in [0.717, 1.165) is 5.56 Å². The molecule has 1 aliphatic heterocycles. The Morgan fingerprint density at radius 3 is 2.57 bits per heavy atom. The van der Waals surface area contributed by atoms with Crippen LogP contribution in [0.4, 0.5) is 4.79 Å². The van der Waals surface area contributed by atoms with Crippen molar-refractivity contribution in [3.63, 3.8) is 0 Å². The summed E-state index contributed by atoms with van der Waals surface area (Å²) in [4.78, 5) is 41.7. The first kappa shape index (κ1) is 21.4. The first-order valence-corrected chi connectivity index (χ1v) is 9.80. The molecular weight excluding hydrogens is 406 g/mol. The summed E-state index contributed by atoms with van der Waals surface area (Å²) in [6.45, 7) is -0.363. The van der Waals surface area contributed by atoms with Gasteiger partial charge in [0.25, 0.3) is 0 Å². The third kappa shape index (κ3) is 5.38. The molecule has 9 heteroatoms. The number of nitrogens with one attached hydrogen (secondary N) is 1. The lowest BCUT2D eigenvalue weighted by Gasteiger charge is -2.46. The molecule has 2 heterocycles. The van der Waals surface area contributed by atoms with Crippen LogP contribution >= 0.6 is 12.2 Å². The van der Waals surface area contributed by atoms with Gasteiger partial charge in [-0.15, -0.1) is 0 Å². The molecule has 3 rings (SSSR count). The average Bonchev–Trinajstić information content (AvgIpc) is 2.77. The van der Waals surface area contributed by atoms with Crippen LogP contribution in [0.5, 0.6) is 0 Å². The van der Waals surface area contributed by atoms with Crippen LogP contribution in [-0.2, 0) is 20.9 Å². The second-order valence-corrected chi connectivity index (χ2v) is 7.28. The largest absolute Gasteiger partial charge is 0.480 e. The van der Waals surface area contributed by atoms with Crippen molar-refractivity contribution in [1.29, 1.82) is 0 Å². The average molecular weight is 427 g/mol. The lowest BCUT2D eigenvalue weighted by atomic mass is 9.90. The van der Waals surface area contributed by atoms with Crippen LogP contribution in [0.15, 0.2) is 54.7 Å². The molecule has 1 saturated heterocycles. The zero-order valence-corrected chi connectivity index (χ0v) is 16.9. The smallest absolute Gasteiger partial charge is 0.408 e. The predicted octanol–water partition coefficient (Wildman–Crippen LogP) is 2.17. The molecule has 0 unspecified atom stereocenters. The minimum absolute atomic E-state index is 0.0703. The topological polar surface area (TPSA) is 109 Å². The molecule has 2 aromatic rings. The lowest BCUT2D eigenvalue weighted by molar-refractivity contribution is -0.158. The van der Waals surface area contributed by atoms with E-state index in [4.69, 9.17) is 22.1 Å². The first-order chi connectivity index (χ1) is 14.5. The number of β-lactam (4-membered cyclic amide) rings is 1. The number of carbonyl (C=O) groups excluding carboxylic acids is 2. The van der Waals surface area contributed by atoms with E-state index in [9.17, 15) is 14.4 Å². The highest BCUT2D eigenvalue weighted by molar-refractivity contribution is 7.80. The van der Waals surface area contributed by atoms with E-state index >= 15 is 0 Å². The maximum absolute atomic E-state index is 12.4. The van der Waals surface area contributed by atoms with Crippen LogP contribution in [-0.4, -0.2) is 56.5 Å². The molecule has 0 bridgehead atoms. The molecular formula is C21H21N3O5S. The fourth-order valence-electron chi connectivity index (χ4n) is 3.25. The Kier molecular flexibility index (Phi) is 7.08. The quantitative estimate of drug-likeness (QED) is 0.359. The van der Waals surface area contributed by atoms with Crippen molar-refractivity contribution in [2.75, 3.05) is 6.54 Å². The Morgan fingerprint density at radius 2 is 1.90 bits per heavy atom. The van der Waals surface area contributed by atoms with E-state index in [1.165, 1.54) is 4.90 Å². The normalized spacial score (nSPS) is 17.7. The van der Waals surface area contributed by atoms with Crippen LogP contribution in [0.2, 0.25) is 0 Å². The van der Waals surface area contributed by atoms with Crippen molar-refractivity contribution in [3.05, 3.63) is 66.0 Å². The number of hydrogen-bond acceptors (Lipinski definition) is 6. The number of amides is 2. The zero-order chi connectivity index (χ0) is 21.5. The van der Waals surface area contributed by atoms with Gasteiger partial charge in [-0.1, -0.05) is 48.6 Å². The highest BCUT2D eigenvalue weighted by Crippen LogP contribution is 2.25. The summed E-state index contributed by atoms with van der Waals surface area (Å²) in [6, 6.07) is 13.2. The summed E-state index contributed by atoms with van der Waals surface area (Å²) in [5.41, 5.74) is 1.48. The summed E-state index contributed by atoms with van der Waals surface area (Å²) in [5.74, 6) is -1.58. The molecule has 156 valence electrons. The molecule has 2 amide bonds. The van der Waals surface area contributed by atoms with Gasteiger partial charge in [-0.05, 0) is 30.5 Å². The van der Waals surface area contributed by atoms with Gasteiger partial charge in [0.15, 0.2) is 0 Å². The highest BCUT2D eigenvalue weighted by Gasteiger charge is 2.48. The van der Waals surface area contributed by atoms with E-state index in [0.29, 0.717) is 23.4 Å². The minimum atomic E-state index is -1.12. The summed E-state index contributed by atoms with van der Waals surface area (Å²) in [6.07, 6.45) is 1.73. The number of aliphatic carboxylic acids is 1. The van der Waals surface area contributed by atoms with Gasteiger partial charge in [-0.3, -0.25) is 14.6 Å². The Morgan fingerprint density at radius 1 is 1.17 bits per heavy atom. The number of hydrogen-bond donors (Lipinski definition) is 2. The number of carboxylic acid groups (broad SMARTS) is 1. The van der Waals surface area contributed by atoms with E-state index in [1.54, 1.807) is 18.3 Å². The number of alkyl carbamates (subject to hydrolysis) is 1. The highest BCUT2D eigenvalue weighted by atomic mass is 32.1. The molecule has 2 N–H and O–H groups in total. The number of nitrogens with zero attached hydrogens (tertiary/aromatic N) is 2. The van der Waals surface area contributed by atoms with E-state index in [2.05, 4.69) is 10.3 Å². The molecule has 30 heavy (non-hydrogen) atoms. The molecule has 1 fully saturated rings. The van der Waals surface area contributed by atoms with Crippen LogP contribution in [0, 0.1) is 0 Å².